The molecular weight excluding hydrogens is 246 g/mol. The second-order valence-corrected chi connectivity index (χ2v) is 6.64. The number of aryl methyl sites for hydroxylation is 2. The van der Waals surface area contributed by atoms with Crippen LogP contribution in [0, 0.1) is 13.8 Å². The number of thiophene rings is 1. The molecular formula is C14H21NO2S. The molecule has 100 valence electrons. The zero-order chi connectivity index (χ0) is 13.1. The molecule has 0 atom stereocenters. The number of rotatable bonds is 5. The summed E-state index contributed by atoms with van der Waals surface area (Å²) in [5.41, 5.74) is 1.30. The van der Waals surface area contributed by atoms with E-state index in [0.717, 1.165) is 19.4 Å². The van der Waals surface area contributed by atoms with E-state index in [-0.39, 0.29) is 6.54 Å². The maximum Gasteiger partial charge on any atom is 0.317 e. The van der Waals surface area contributed by atoms with Gasteiger partial charge in [0, 0.05) is 22.3 Å². The number of carboxylic acids is 1. The molecule has 0 aromatic carbocycles. The molecule has 2 rings (SSSR count). The first-order valence-corrected chi connectivity index (χ1v) is 7.39. The summed E-state index contributed by atoms with van der Waals surface area (Å²) in [4.78, 5) is 15.8. The van der Waals surface area contributed by atoms with Crippen LogP contribution in [0.2, 0.25) is 0 Å². The molecule has 1 heterocycles. The molecule has 0 bridgehead atoms. The van der Waals surface area contributed by atoms with E-state index in [1.807, 2.05) is 0 Å². The summed E-state index contributed by atoms with van der Waals surface area (Å²) in [7, 11) is 0. The van der Waals surface area contributed by atoms with Gasteiger partial charge in [0.25, 0.3) is 0 Å². The summed E-state index contributed by atoms with van der Waals surface area (Å²) in [5.74, 6) is -0.716. The van der Waals surface area contributed by atoms with Crippen molar-refractivity contribution in [1.29, 1.82) is 0 Å². The standard InChI is InChI=1S/C14H21NO2S/c1-10-7-12(11(2)18-10)8-15(9-14(16)17)13-5-3-4-6-13/h7,13H,3-6,8-9H2,1-2H3,(H,16,17). The van der Waals surface area contributed by atoms with Gasteiger partial charge in [-0.25, -0.2) is 0 Å². The number of carboxylic acid groups (broad SMARTS) is 1. The molecule has 1 aromatic heterocycles. The molecule has 0 saturated heterocycles. The van der Waals surface area contributed by atoms with Crippen molar-refractivity contribution in [2.45, 2.75) is 52.1 Å². The lowest BCUT2D eigenvalue weighted by molar-refractivity contribution is -0.139. The molecule has 0 aliphatic heterocycles. The fourth-order valence-electron chi connectivity index (χ4n) is 2.82. The molecule has 1 fully saturated rings. The lowest BCUT2D eigenvalue weighted by Crippen LogP contribution is -2.37. The normalized spacial score (nSPS) is 16.6. The molecule has 1 N–H and O–H groups in total. The van der Waals surface area contributed by atoms with Crippen molar-refractivity contribution in [3.05, 3.63) is 21.4 Å². The highest BCUT2D eigenvalue weighted by molar-refractivity contribution is 7.12. The Morgan fingerprint density at radius 1 is 1.44 bits per heavy atom. The second-order valence-electron chi connectivity index (χ2n) is 5.18. The van der Waals surface area contributed by atoms with Crippen molar-refractivity contribution in [3.63, 3.8) is 0 Å². The largest absolute Gasteiger partial charge is 0.480 e. The molecule has 0 amide bonds. The van der Waals surface area contributed by atoms with Crippen molar-refractivity contribution < 1.29 is 9.90 Å². The first kappa shape index (κ1) is 13.6. The van der Waals surface area contributed by atoms with Crippen LogP contribution in [0.5, 0.6) is 0 Å². The Bertz CT molecular complexity index is 421. The summed E-state index contributed by atoms with van der Waals surface area (Å²) in [6.07, 6.45) is 4.77. The van der Waals surface area contributed by atoms with Crippen molar-refractivity contribution in [2.75, 3.05) is 6.54 Å². The highest BCUT2D eigenvalue weighted by atomic mass is 32.1. The molecule has 0 unspecified atom stereocenters. The Morgan fingerprint density at radius 2 is 2.11 bits per heavy atom. The highest BCUT2D eigenvalue weighted by Gasteiger charge is 2.25. The lowest BCUT2D eigenvalue weighted by atomic mass is 10.1. The van der Waals surface area contributed by atoms with Crippen LogP contribution in [0.15, 0.2) is 6.07 Å². The van der Waals surface area contributed by atoms with E-state index in [0.29, 0.717) is 6.04 Å². The van der Waals surface area contributed by atoms with Gasteiger partial charge in [-0.3, -0.25) is 9.69 Å². The van der Waals surface area contributed by atoms with Crippen molar-refractivity contribution in [1.82, 2.24) is 4.90 Å². The van der Waals surface area contributed by atoms with Crippen LogP contribution in [0.25, 0.3) is 0 Å². The molecule has 1 saturated carbocycles. The van der Waals surface area contributed by atoms with Gasteiger partial charge in [-0.15, -0.1) is 11.3 Å². The van der Waals surface area contributed by atoms with E-state index in [9.17, 15) is 4.79 Å². The summed E-state index contributed by atoms with van der Waals surface area (Å²) in [6, 6.07) is 2.66. The minimum atomic E-state index is -0.716. The minimum absolute atomic E-state index is 0.166. The third kappa shape index (κ3) is 3.33. The van der Waals surface area contributed by atoms with Crippen molar-refractivity contribution in [3.8, 4) is 0 Å². The third-order valence-electron chi connectivity index (χ3n) is 3.70. The summed E-state index contributed by atoms with van der Waals surface area (Å²) in [5, 5.41) is 9.06. The maximum absolute atomic E-state index is 11.0. The van der Waals surface area contributed by atoms with E-state index >= 15 is 0 Å². The maximum atomic E-state index is 11.0. The first-order chi connectivity index (χ1) is 8.56. The van der Waals surface area contributed by atoms with E-state index in [4.69, 9.17) is 5.11 Å². The van der Waals surface area contributed by atoms with Crippen LogP contribution in [-0.4, -0.2) is 28.6 Å². The zero-order valence-corrected chi connectivity index (χ0v) is 11.9. The number of aliphatic carboxylic acids is 1. The van der Waals surface area contributed by atoms with E-state index < -0.39 is 5.97 Å². The zero-order valence-electron chi connectivity index (χ0n) is 11.1. The third-order valence-corrected chi connectivity index (χ3v) is 4.70. The summed E-state index contributed by atoms with van der Waals surface area (Å²) < 4.78 is 0. The minimum Gasteiger partial charge on any atom is -0.480 e. The molecule has 0 radical (unpaired) electrons. The van der Waals surface area contributed by atoms with Gasteiger partial charge in [-0.2, -0.15) is 0 Å². The Kier molecular flexibility index (Phi) is 4.40. The SMILES string of the molecule is Cc1cc(CN(CC(=O)O)C2CCCC2)c(C)s1. The van der Waals surface area contributed by atoms with Crippen molar-refractivity contribution >= 4 is 17.3 Å². The van der Waals surface area contributed by atoms with E-state index in [1.165, 1.54) is 28.2 Å². The Labute approximate surface area is 112 Å². The van der Waals surface area contributed by atoms with Crippen molar-refractivity contribution in [2.24, 2.45) is 0 Å². The molecule has 1 aliphatic rings. The van der Waals surface area contributed by atoms with Gasteiger partial charge in [-0.1, -0.05) is 12.8 Å². The highest BCUT2D eigenvalue weighted by Crippen LogP contribution is 2.27. The Balaban J connectivity index is 2.08. The predicted octanol–water partition coefficient (Wildman–Crippen LogP) is 3.19. The van der Waals surface area contributed by atoms with Gasteiger partial charge in [0.2, 0.25) is 0 Å². The number of nitrogens with zero attached hydrogens (tertiary/aromatic N) is 1. The van der Waals surface area contributed by atoms with Gasteiger partial charge in [0.15, 0.2) is 0 Å². The van der Waals surface area contributed by atoms with Gasteiger partial charge >= 0.3 is 5.97 Å². The molecule has 3 nitrogen and oxygen atoms in total. The first-order valence-electron chi connectivity index (χ1n) is 6.58. The monoisotopic (exact) mass is 267 g/mol. The molecule has 18 heavy (non-hydrogen) atoms. The number of hydrogen-bond donors (Lipinski definition) is 1. The van der Waals surface area contributed by atoms with Gasteiger partial charge in [0.05, 0.1) is 6.54 Å². The smallest absolute Gasteiger partial charge is 0.317 e. The Hall–Kier alpha value is -0.870. The average Bonchev–Trinajstić information content (AvgIpc) is 2.87. The van der Waals surface area contributed by atoms with Crippen LogP contribution in [0.1, 0.15) is 41.0 Å². The predicted molar refractivity (Wildman–Crippen MR) is 74.1 cm³/mol. The van der Waals surface area contributed by atoms with E-state index in [1.54, 1.807) is 11.3 Å². The van der Waals surface area contributed by atoms with Gasteiger partial charge in [0.1, 0.15) is 0 Å². The van der Waals surface area contributed by atoms with Gasteiger partial charge < -0.3 is 5.11 Å². The molecule has 4 heteroatoms. The topological polar surface area (TPSA) is 40.5 Å². The number of carbonyl (C=O) groups is 1. The van der Waals surface area contributed by atoms with E-state index in [2.05, 4.69) is 24.8 Å². The van der Waals surface area contributed by atoms with Crippen LogP contribution in [0.4, 0.5) is 0 Å². The molecule has 1 aromatic rings. The van der Waals surface area contributed by atoms with Crippen LogP contribution in [0.3, 0.4) is 0 Å². The van der Waals surface area contributed by atoms with Crippen LogP contribution in [-0.2, 0) is 11.3 Å². The van der Waals surface area contributed by atoms with Crippen LogP contribution < -0.4 is 0 Å². The fraction of sp³-hybridized carbons (Fsp3) is 0.643. The summed E-state index contributed by atoms with van der Waals surface area (Å²) >= 11 is 1.80. The number of hydrogen-bond acceptors (Lipinski definition) is 3. The lowest BCUT2D eigenvalue weighted by Gasteiger charge is -2.27. The Morgan fingerprint density at radius 3 is 2.61 bits per heavy atom. The second kappa shape index (κ2) is 5.85. The fourth-order valence-corrected chi connectivity index (χ4v) is 3.76. The molecule has 1 aliphatic carbocycles. The van der Waals surface area contributed by atoms with Gasteiger partial charge in [-0.05, 0) is 38.3 Å². The summed E-state index contributed by atoms with van der Waals surface area (Å²) in [6.45, 7) is 5.19. The van der Waals surface area contributed by atoms with Crippen LogP contribution >= 0.6 is 11.3 Å². The quantitative estimate of drug-likeness (QED) is 0.890. The average molecular weight is 267 g/mol. The molecule has 0 spiro atoms.